The summed E-state index contributed by atoms with van der Waals surface area (Å²) in [6.07, 6.45) is 0. The van der Waals surface area contributed by atoms with E-state index in [2.05, 4.69) is 65.8 Å². The molecule has 2 rings (SSSR count). The predicted octanol–water partition coefficient (Wildman–Crippen LogP) is 4.66. The second kappa shape index (κ2) is 7.10. The van der Waals surface area contributed by atoms with Crippen LogP contribution in [0.1, 0.15) is 33.4 Å². The zero-order chi connectivity index (χ0) is 12.3. The van der Waals surface area contributed by atoms with Crippen molar-refractivity contribution in [3.63, 3.8) is 0 Å². The Morgan fingerprint density at radius 3 is 1.06 bits per heavy atom. The third-order valence-corrected chi connectivity index (χ3v) is 3.02. The van der Waals surface area contributed by atoms with Gasteiger partial charge in [0.1, 0.15) is 0 Å². The summed E-state index contributed by atoms with van der Waals surface area (Å²) in [6.45, 7) is 12.8. The van der Waals surface area contributed by atoms with E-state index in [4.69, 9.17) is 0 Å². The molecule has 2 aromatic rings. The fourth-order valence-corrected chi connectivity index (χ4v) is 1.90. The van der Waals surface area contributed by atoms with Crippen molar-refractivity contribution in [1.29, 1.82) is 0 Å². The maximum absolute atomic E-state index is 2.20. The van der Waals surface area contributed by atoms with Crippen LogP contribution >= 0.6 is 0 Å². The van der Waals surface area contributed by atoms with Gasteiger partial charge in [0.25, 0.3) is 0 Å². The monoisotopic (exact) mass is 394 g/mol. The Kier molecular flexibility index (Phi) is 6.92. The van der Waals surface area contributed by atoms with Crippen molar-refractivity contribution >= 4 is 0 Å². The standard InChI is InChI=1S/2C8H11.Hf/c2*1-6-4-7(2)8(3)5-6;/h2*4-5H,1-3H3;/q2*-1;. The predicted molar refractivity (Wildman–Crippen MR) is 72.5 cm³/mol. The van der Waals surface area contributed by atoms with Crippen LogP contribution in [0.5, 0.6) is 0 Å². The first-order valence-electron chi connectivity index (χ1n) is 5.81. The van der Waals surface area contributed by atoms with E-state index >= 15 is 0 Å². The van der Waals surface area contributed by atoms with Crippen molar-refractivity contribution in [2.75, 3.05) is 0 Å². The molecule has 0 amide bonds. The first-order valence-corrected chi connectivity index (χ1v) is 5.81. The molecule has 0 bridgehead atoms. The van der Waals surface area contributed by atoms with Crippen molar-refractivity contribution in [2.24, 2.45) is 0 Å². The summed E-state index contributed by atoms with van der Waals surface area (Å²) in [5.41, 5.74) is 8.37. The largest absolute Gasteiger partial charge is 0.208 e. The van der Waals surface area contributed by atoms with Gasteiger partial charge in [0.05, 0.1) is 0 Å². The van der Waals surface area contributed by atoms with Gasteiger partial charge in [-0.15, -0.1) is 0 Å². The second-order valence-corrected chi connectivity index (χ2v) is 4.80. The molecular formula is C16H22Hf-2. The summed E-state index contributed by atoms with van der Waals surface area (Å²) in [7, 11) is 0. The van der Waals surface area contributed by atoms with Gasteiger partial charge in [-0.2, -0.15) is 34.4 Å². The summed E-state index contributed by atoms with van der Waals surface area (Å²) >= 11 is 0. The SMILES string of the molecule is Cc1cc(C)[c-](C)c1.Cc1cc(C)[c-](C)c1.[Hf]. The van der Waals surface area contributed by atoms with Crippen LogP contribution in [-0.4, -0.2) is 0 Å². The average molecular weight is 393 g/mol. The van der Waals surface area contributed by atoms with Crippen LogP contribution in [0.25, 0.3) is 0 Å². The van der Waals surface area contributed by atoms with E-state index in [9.17, 15) is 0 Å². The summed E-state index contributed by atoms with van der Waals surface area (Å²) in [6, 6.07) is 8.81. The fraction of sp³-hybridized carbons (Fsp3) is 0.375. The molecule has 0 aromatic heterocycles. The minimum atomic E-state index is 0. The molecule has 92 valence electrons. The van der Waals surface area contributed by atoms with Crippen LogP contribution in [0.2, 0.25) is 0 Å². The van der Waals surface area contributed by atoms with E-state index in [0.717, 1.165) is 0 Å². The Balaban J connectivity index is 0.000000284. The van der Waals surface area contributed by atoms with Gasteiger partial charge >= 0.3 is 0 Å². The fourth-order valence-electron chi connectivity index (χ4n) is 1.90. The molecule has 2 aromatic carbocycles. The quantitative estimate of drug-likeness (QED) is 0.452. The second-order valence-electron chi connectivity index (χ2n) is 4.80. The van der Waals surface area contributed by atoms with Gasteiger partial charge in [-0.3, -0.25) is 0 Å². The first kappa shape index (κ1) is 16.6. The van der Waals surface area contributed by atoms with Crippen molar-refractivity contribution in [1.82, 2.24) is 0 Å². The number of rotatable bonds is 0. The molecule has 0 spiro atoms. The molecule has 0 atom stereocenters. The van der Waals surface area contributed by atoms with E-state index in [1.165, 1.54) is 33.4 Å². The Morgan fingerprint density at radius 2 is 1.00 bits per heavy atom. The van der Waals surface area contributed by atoms with Crippen LogP contribution in [0.3, 0.4) is 0 Å². The molecule has 1 heteroatoms. The summed E-state index contributed by atoms with van der Waals surface area (Å²) in [4.78, 5) is 0. The molecule has 0 unspecified atom stereocenters. The van der Waals surface area contributed by atoms with Crippen molar-refractivity contribution in [3.05, 3.63) is 57.6 Å². The average Bonchev–Trinajstić information content (AvgIpc) is 2.58. The zero-order valence-electron chi connectivity index (χ0n) is 11.8. The van der Waals surface area contributed by atoms with E-state index in [1.54, 1.807) is 0 Å². The van der Waals surface area contributed by atoms with Crippen LogP contribution in [0.4, 0.5) is 0 Å². The summed E-state index contributed by atoms with van der Waals surface area (Å²) in [5.74, 6) is 0. The third-order valence-electron chi connectivity index (χ3n) is 3.02. The molecule has 0 saturated heterocycles. The van der Waals surface area contributed by atoms with Crippen LogP contribution < -0.4 is 0 Å². The molecule has 0 N–H and O–H groups in total. The topological polar surface area (TPSA) is 0 Å². The van der Waals surface area contributed by atoms with E-state index in [-0.39, 0.29) is 25.8 Å². The van der Waals surface area contributed by atoms with E-state index < -0.39 is 0 Å². The van der Waals surface area contributed by atoms with E-state index in [1.807, 2.05) is 0 Å². The van der Waals surface area contributed by atoms with Gasteiger partial charge in [0.2, 0.25) is 0 Å². The Morgan fingerprint density at radius 1 is 0.706 bits per heavy atom. The van der Waals surface area contributed by atoms with Gasteiger partial charge in [-0.25, -0.2) is 23.3 Å². The van der Waals surface area contributed by atoms with Crippen molar-refractivity contribution < 1.29 is 25.8 Å². The van der Waals surface area contributed by atoms with Gasteiger partial charge < -0.3 is 0 Å². The van der Waals surface area contributed by atoms with Crippen molar-refractivity contribution in [2.45, 2.75) is 41.5 Å². The summed E-state index contributed by atoms with van der Waals surface area (Å²) in [5, 5.41) is 0. The number of hydrogen-bond donors (Lipinski definition) is 0. The number of aryl methyl sites for hydroxylation is 6. The van der Waals surface area contributed by atoms with Crippen LogP contribution in [-0.2, 0) is 25.8 Å². The molecule has 0 saturated carbocycles. The Labute approximate surface area is 125 Å². The first-order chi connectivity index (χ1) is 7.40. The molecule has 0 radical (unpaired) electrons. The van der Waals surface area contributed by atoms with Gasteiger partial charge in [-0.1, -0.05) is 41.5 Å². The molecule has 17 heavy (non-hydrogen) atoms. The molecule has 0 heterocycles. The normalized spacial score (nSPS) is 9.29. The minimum Gasteiger partial charge on any atom is -0.208 e. The van der Waals surface area contributed by atoms with Gasteiger partial charge in [-0.05, 0) is 0 Å². The minimum absolute atomic E-state index is 0. The molecular weight excluding hydrogens is 371 g/mol. The van der Waals surface area contributed by atoms with Crippen LogP contribution in [0.15, 0.2) is 24.3 Å². The van der Waals surface area contributed by atoms with Gasteiger partial charge in [0.15, 0.2) is 0 Å². The maximum atomic E-state index is 2.20. The maximum Gasteiger partial charge on any atom is 0 e. The van der Waals surface area contributed by atoms with Crippen LogP contribution in [0, 0.1) is 41.5 Å². The zero-order valence-corrected chi connectivity index (χ0v) is 15.4. The molecule has 0 nitrogen and oxygen atoms in total. The summed E-state index contributed by atoms with van der Waals surface area (Å²) < 4.78 is 0. The third kappa shape index (κ3) is 5.16. The Hall–Kier alpha value is -0.430. The molecule has 0 aliphatic rings. The molecule has 0 fully saturated rings. The number of hydrogen-bond acceptors (Lipinski definition) is 0. The smallest absolute Gasteiger partial charge is 0 e. The molecule has 0 aliphatic heterocycles. The molecule has 0 aliphatic carbocycles. The van der Waals surface area contributed by atoms with Crippen molar-refractivity contribution in [3.8, 4) is 0 Å². The Bertz CT molecular complexity index is 375. The van der Waals surface area contributed by atoms with Gasteiger partial charge in [0, 0.05) is 25.8 Å². The van der Waals surface area contributed by atoms with E-state index in [0.29, 0.717) is 0 Å².